The van der Waals surface area contributed by atoms with Crippen LogP contribution in [0.25, 0.3) is 0 Å². The molecule has 1 aromatic rings. The molecule has 0 saturated carbocycles. The van der Waals surface area contributed by atoms with Crippen molar-refractivity contribution in [1.29, 1.82) is 0 Å². The number of hydrogen-bond acceptors (Lipinski definition) is 5. The van der Waals surface area contributed by atoms with Gasteiger partial charge in [0.05, 0.1) is 0 Å². The monoisotopic (exact) mass is 279 g/mol. The quantitative estimate of drug-likeness (QED) is 0.365. The predicted molar refractivity (Wildman–Crippen MR) is 72.4 cm³/mol. The van der Waals surface area contributed by atoms with Gasteiger partial charge in [-0.05, 0) is 18.2 Å². The Bertz CT molecular complexity index is 530. The second-order valence-electron chi connectivity index (χ2n) is 4.43. The highest BCUT2D eigenvalue weighted by molar-refractivity contribution is 5.95. The fourth-order valence-corrected chi connectivity index (χ4v) is 1.83. The molecule has 0 aliphatic carbocycles. The number of hydrogen-bond donors (Lipinski definition) is 2. The van der Waals surface area contributed by atoms with Crippen molar-refractivity contribution >= 4 is 11.7 Å². The van der Waals surface area contributed by atoms with Crippen LogP contribution in [-0.2, 0) is 0 Å². The van der Waals surface area contributed by atoms with Gasteiger partial charge in [-0.25, -0.2) is 0 Å². The Balaban J connectivity index is 2.05. The zero-order chi connectivity index (χ0) is 14.5. The number of fused-ring (bicyclic) bond motifs is 1. The second kappa shape index (κ2) is 6.14. The lowest BCUT2D eigenvalue weighted by atomic mass is 10.1. The van der Waals surface area contributed by atoms with Crippen LogP contribution in [0, 0.1) is 0 Å². The van der Waals surface area contributed by atoms with Gasteiger partial charge in [-0.2, -0.15) is 0 Å². The molecular formula is C13H17N3O4. The van der Waals surface area contributed by atoms with Gasteiger partial charge in [0, 0.05) is 25.6 Å². The van der Waals surface area contributed by atoms with Gasteiger partial charge < -0.3 is 25.3 Å². The van der Waals surface area contributed by atoms with Crippen LogP contribution in [0.3, 0.4) is 0 Å². The molecule has 7 heteroatoms. The molecule has 0 spiro atoms. The number of carbonyl (C=O) groups is 1. The molecule has 0 atom stereocenters. The summed E-state index contributed by atoms with van der Waals surface area (Å²) in [5.74, 6) is 1.15. The molecule has 20 heavy (non-hydrogen) atoms. The molecule has 7 nitrogen and oxygen atoms in total. The lowest BCUT2D eigenvalue weighted by Gasteiger charge is -2.20. The molecule has 108 valence electrons. The molecule has 1 amide bonds. The first-order valence-electron chi connectivity index (χ1n) is 6.23. The fraction of sp³-hybridized carbons (Fsp3) is 0.385. The number of amides is 1. The summed E-state index contributed by atoms with van der Waals surface area (Å²) in [5.41, 5.74) is 5.89. The van der Waals surface area contributed by atoms with Gasteiger partial charge in [0.1, 0.15) is 19.0 Å². The lowest BCUT2D eigenvalue weighted by Crippen LogP contribution is -2.30. The zero-order valence-electron chi connectivity index (χ0n) is 11.2. The Kier molecular flexibility index (Phi) is 4.29. The van der Waals surface area contributed by atoms with E-state index < -0.39 is 0 Å². The Morgan fingerprint density at radius 3 is 2.80 bits per heavy atom. The van der Waals surface area contributed by atoms with Crippen LogP contribution in [0.1, 0.15) is 16.8 Å². The van der Waals surface area contributed by atoms with Gasteiger partial charge in [0.2, 0.25) is 0 Å². The molecule has 0 bridgehead atoms. The maximum Gasteiger partial charge on any atom is 0.253 e. The molecular weight excluding hydrogens is 262 g/mol. The molecule has 1 aliphatic rings. The van der Waals surface area contributed by atoms with Crippen molar-refractivity contribution in [3.63, 3.8) is 0 Å². The van der Waals surface area contributed by atoms with Gasteiger partial charge in [-0.3, -0.25) is 4.79 Å². The number of oxime groups is 1. The van der Waals surface area contributed by atoms with Crippen molar-refractivity contribution in [2.45, 2.75) is 6.42 Å². The van der Waals surface area contributed by atoms with Crippen molar-refractivity contribution in [3.05, 3.63) is 23.8 Å². The zero-order valence-corrected chi connectivity index (χ0v) is 11.2. The van der Waals surface area contributed by atoms with E-state index in [9.17, 15) is 4.79 Å². The number of amidine groups is 1. The normalized spacial score (nSPS) is 13.9. The third kappa shape index (κ3) is 3.11. The standard InChI is InChI=1S/C13H17N3O4/c1-16(5-4-12(14)15-18)13(17)9-2-3-10-11(8-9)20-7-6-19-10/h2-3,8,18H,4-7H2,1H3,(H2,14,15). The van der Waals surface area contributed by atoms with E-state index in [-0.39, 0.29) is 11.7 Å². The van der Waals surface area contributed by atoms with E-state index in [4.69, 9.17) is 20.4 Å². The second-order valence-corrected chi connectivity index (χ2v) is 4.43. The number of nitrogens with two attached hydrogens (primary N) is 1. The molecule has 0 radical (unpaired) electrons. The largest absolute Gasteiger partial charge is 0.486 e. The Labute approximate surface area is 116 Å². The number of carbonyl (C=O) groups excluding carboxylic acids is 1. The first kappa shape index (κ1) is 14.0. The number of ether oxygens (including phenoxy) is 2. The Morgan fingerprint density at radius 2 is 2.10 bits per heavy atom. The van der Waals surface area contributed by atoms with E-state index in [1.165, 1.54) is 4.90 Å². The SMILES string of the molecule is CN(CC/C(N)=N/O)C(=O)c1ccc2c(c1)OCCO2. The van der Waals surface area contributed by atoms with Crippen molar-refractivity contribution in [1.82, 2.24) is 4.90 Å². The maximum absolute atomic E-state index is 12.2. The van der Waals surface area contributed by atoms with Crippen LogP contribution in [0.2, 0.25) is 0 Å². The average molecular weight is 279 g/mol. The summed E-state index contributed by atoms with van der Waals surface area (Å²) in [6, 6.07) is 5.08. The summed E-state index contributed by atoms with van der Waals surface area (Å²) in [7, 11) is 1.66. The molecule has 1 aliphatic heterocycles. The van der Waals surface area contributed by atoms with E-state index in [2.05, 4.69) is 5.16 Å². The van der Waals surface area contributed by atoms with Gasteiger partial charge in [0.25, 0.3) is 5.91 Å². The molecule has 1 heterocycles. The molecule has 1 aromatic carbocycles. The Morgan fingerprint density at radius 1 is 1.40 bits per heavy atom. The first-order valence-corrected chi connectivity index (χ1v) is 6.23. The molecule has 3 N–H and O–H groups in total. The van der Waals surface area contributed by atoms with Gasteiger partial charge in [0.15, 0.2) is 11.5 Å². The molecule has 0 saturated heterocycles. The number of nitrogens with zero attached hydrogens (tertiary/aromatic N) is 2. The van der Waals surface area contributed by atoms with Crippen LogP contribution in [0.15, 0.2) is 23.4 Å². The van der Waals surface area contributed by atoms with Crippen molar-refractivity contribution in [2.75, 3.05) is 26.8 Å². The van der Waals surface area contributed by atoms with Crippen LogP contribution in [0.4, 0.5) is 0 Å². The highest BCUT2D eigenvalue weighted by atomic mass is 16.6. The van der Waals surface area contributed by atoms with Crippen molar-refractivity contribution in [3.8, 4) is 11.5 Å². The van der Waals surface area contributed by atoms with Crippen molar-refractivity contribution < 1.29 is 19.5 Å². The summed E-state index contributed by atoms with van der Waals surface area (Å²) < 4.78 is 10.8. The predicted octanol–water partition coefficient (Wildman–Crippen LogP) is 0.666. The van der Waals surface area contributed by atoms with E-state index in [1.54, 1.807) is 25.2 Å². The van der Waals surface area contributed by atoms with Crippen LogP contribution in [-0.4, -0.2) is 48.7 Å². The van der Waals surface area contributed by atoms with Crippen LogP contribution in [0.5, 0.6) is 11.5 Å². The molecule has 0 aromatic heterocycles. The first-order chi connectivity index (χ1) is 9.61. The third-order valence-electron chi connectivity index (χ3n) is 2.97. The highest BCUT2D eigenvalue weighted by Crippen LogP contribution is 2.30. The molecule has 2 rings (SSSR count). The lowest BCUT2D eigenvalue weighted by molar-refractivity contribution is 0.0797. The minimum atomic E-state index is -0.160. The smallest absolute Gasteiger partial charge is 0.253 e. The number of benzene rings is 1. The van der Waals surface area contributed by atoms with E-state index in [0.717, 1.165) is 0 Å². The summed E-state index contributed by atoms with van der Waals surface area (Å²) in [5, 5.41) is 11.3. The maximum atomic E-state index is 12.2. The summed E-state index contributed by atoms with van der Waals surface area (Å²) >= 11 is 0. The Hall–Kier alpha value is -2.44. The van der Waals surface area contributed by atoms with Gasteiger partial charge >= 0.3 is 0 Å². The minimum absolute atomic E-state index is 0.0897. The molecule has 0 unspecified atom stereocenters. The third-order valence-corrected chi connectivity index (χ3v) is 2.97. The van der Waals surface area contributed by atoms with Crippen molar-refractivity contribution in [2.24, 2.45) is 10.9 Å². The average Bonchev–Trinajstić information content (AvgIpc) is 2.50. The minimum Gasteiger partial charge on any atom is -0.486 e. The van der Waals surface area contributed by atoms with Crippen LogP contribution < -0.4 is 15.2 Å². The summed E-state index contributed by atoms with van der Waals surface area (Å²) in [4.78, 5) is 13.7. The van der Waals surface area contributed by atoms with Crippen LogP contribution >= 0.6 is 0 Å². The fourth-order valence-electron chi connectivity index (χ4n) is 1.83. The summed E-state index contributed by atoms with van der Waals surface area (Å²) in [6.45, 7) is 1.35. The van der Waals surface area contributed by atoms with E-state index in [1.807, 2.05) is 0 Å². The molecule has 0 fully saturated rings. The highest BCUT2D eigenvalue weighted by Gasteiger charge is 2.17. The van der Waals surface area contributed by atoms with Gasteiger partial charge in [-0.1, -0.05) is 5.16 Å². The van der Waals surface area contributed by atoms with Gasteiger partial charge in [-0.15, -0.1) is 0 Å². The van der Waals surface area contributed by atoms with E-state index in [0.29, 0.717) is 43.2 Å². The summed E-state index contributed by atoms with van der Waals surface area (Å²) in [6.07, 6.45) is 0.309. The topological polar surface area (TPSA) is 97.4 Å². The van der Waals surface area contributed by atoms with E-state index >= 15 is 0 Å². The number of rotatable bonds is 4.